The van der Waals surface area contributed by atoms with E-state index in [-0.39, 0.29) is 11.7 Å². The average Bonchev–Trinajstić information content (AvgIpc) is 2.85. The molecule has 0 saturated heterocycles. The van der Waals surface area contributed by atoms with E-state index >= 15 is 0 Å². The van der Waals surface area contributed by atoms with E-state index in [1.165, 1.54) is 17.2 Å². The molecule has 2 aromatic rings. The van der Waals surface area contributed by atoms with Gasteiger partial charge in [-0.15, -0.1) is 0 Å². The van der Waals surface area contributed by atoms with E-state index < -0.39 is 5.97 Å². The minimum atomic E-state index is -1.08. The van der Waals surface area contributed by atoms with Crippen molar-refractivity contribution in [2.24, 2.45) is 0 Å². The van der Waals surface area contributed by atoms with Crippen LogP contribution >= 0.6 is 0 Å². The van der Waals surface area contributed by atoms with Crippen LogP contribution in [0.4, 0.5) is 0 Å². The van der Waals surface area contributed by atoms with Crippen LogP contribution in [0, 0.1) is 6.92 Å². The lowest BCUT2D eigenvalue weighted by atomic mass is 10.0. The molecule has 19 heavy (non-hydrogen) atoms. The first kappa shape index (κ1) is 13.3. The topological polar surface area (TPSA) is 75.4 Å². The van der Waals surface area contributed by atoms with Gasteiger partial charge in [0.2, 0.25) is 0 Å². The Morgan fingerprint density at radius 2 is 2.21 bits per heavy atom. The van der Waals surface area contributed by atoms with Gasteiger partial charge in [0.15, 0.2) is 11.5 Å². The first-order valence-electron chi connectivity index (χ1n) is 6.05. The van der Waals surface area contributed by atoms with Crippen LogP contribution in [0.25, 0.3) is 0 Å². The molecule has 0 aliphatic rings. The lowest BCUT2D eigenvalue weighted by molar-refractivity contribution is 0.0685. The number of nitrogens with one attached hydrogen (secondary N) is 1. The van der Waals surface area contributed by atoms with E-state index in [4.69, 9.17) is 9.63 Å². The monoisotopic (exact) mass is 260 g/mol. The molecule has 0 unspecified atom stereocenters. The quantitative estimate of drug-likeness (QED) is 0.864. The van der Waals surface area contributed by atoms with Crippen molar-refractivity contribution >= 4 is 5.97 Å². The SMILES string of the molecule is Cc1ccccc1[C@@H](C)NCc1cc(C(=O)O)no1. The predicted octanol–water partition coefficient (Wildman–Crippen LogP) is 2.53. The van der Waals surface area contributed by atoms with Gasteiger partial charge < -0.3 is 14.9 Å². The maximum Gasteiger partial charge on any atom is 0.358 e. The summed E-state index contributed by atoms with van der Waals surface area (Å²) in [5.74, 6) is -0.570. The van der Waals surface area contributed by atoms with E-state index in [2.05, 4.69) is 36.5 Å². The highest BCUT2D eigenvalue weighted by molar-refractivity contribution is 5.85. The van der Waals surface area contributed by atoms with Crippen LogP contribution < -0.4 is 5.32 Å². The Morgan fingerprint density at radius 3 is 2.84 bits per heavy atom. The van der Waals surface area contributed by atoms with Gasteiger partial charge in [0.1, 0.15) is 0 Å². The standard InChI is InChI=1S/C14H16N2O3/c1-9-5-3-4-6-12(9)10(2)15-8-11-7-13(14(17)18)16-19-11/h3-7,10,15H,8H2,1-2H3,(H,17,18)/t10-/m1/s1. The fraction of sp³-hybridized carbons (Fsp3) is 0.286. The molecule has 1 atom stereocenters. The first-order chi connectivity index (χ1) is 9.08. The van der Waals surface area contributed by atoms with Gasteiger partial charge in [0.05, 0.1) is 6.54 Å². The summed E-state index contributed by atoms with van der Waals surface area (Å²) in [6, 6.07) is 9.71. The third-order valence-electron chi connectivity index (χ3n) is 3.02. The van der Waals surface area contributed by atoms with E-state index in [0.29, 0.717) is 12.3 Å². The van der Waals surface area contributed by atoms with Gasteiger partial charge in [0.25, 0.3) is 0 Å². The molecular formula is C14H16N2O3. The molecule has 2 rings (SSSR count). The zero-order chi connectivity index (χ0) is 13.8. The van der Waals surface area contributed by atoms with Crippen LogP contribution in [-0.2, 0) is 6.54 Å². The van der Waals surface area contributed by atoms with Crippen molar-refractivity contribution in [3.05, 3.63) is 52.9 Å². The van der Waals surface area contributed by atoms with Crippen molar-refractivity contribution in [3.8, 4) is 0 Å². The number of carboxylic acids is 1. The number of carboxylic acid groups (broad SMARTS) is 1. The van der Waals surface area contributed by atoms with Crippen molar-refractivity contribution in [1.29, 1.82) is 0 Å². The molecule has 0 radical (unpaired) electrons. The third-order valence-corrected chi connectivity index (χ3v) is 3.02. The van der Waals surface area contributed by atoms with Crippen molar-refractivity contribution in [1.82, 2.24) is 10.5 Å². The second-order valence-electron chi connectivity index (χ2n) is 4.44. The molecule has 2 N–H and O–H groups in total. The minimum absolute atomic E-state index is 0.0691. The molecule has 5 heteroatoms. The van der Waals surface area contributed by atoms with E-state index in [1.807, 2.05) is 12.1 Å². The van der Waals surface area contributed by atoms with E-state index in [0.717, 1.165) is 0 Å². The molecular weight excluding hydrogens is 244 g/mol. The Labute approximate surface area is 111 Å². The highest BCUT2D eigenvalue weighted by atomic mass is 16.5. The molecule has 100 valence electrons. The van der Waals surface area contributed by atoms with Gasteiger partial charge in [-0.05, 0) is 25.0 Å². The molecule has 1 aromatic carbocycles. The smallest absolute Gasteiger partial charge is 0.358 e. The lowest BCUT2D eigenvalue weighted by Gasteiger charge is -2.15. The number of rotatable bonds is 5. The molecule has 1 heterocycles. The summed E-state index contributed by atoms with van der Waals surface area (Å²) in [6.07, 6.45) is 0. The molecule has 0 amide bonds. The summed E-state index contributed by atoms with van der Waals surface area (Å²) in [6.45, 7) is 4.55. The second kappa shape index (κ2) is 5.67. The van der Waals surface area contributed by atoms with Crippen LogP contribution in [0.2, 0.25) is 0 Å². The normalized spacial score (nSPS) is 12.3. The summed E-state index contributed by atoms with van der Waals surface area (Å²) in [7, 11) is 0. The number of carbonyl (C=O) groups is 1. The molecule has 0 bridgehead atoms. The van der Waals surface area contributed by atoms with Crippen LogP contribution in [0.15, 0.2) is 34.9 Å². The molecule has 0 aliphatic heterocycles. The second-order valence-corrected chi connectivity index (χ2v) is 4.44. The summed E-state index contributed by atoms with van der Waals surface area (Å²) < 4.78 is 4.95. The van der Waals surface area contributed by atoms with E-state index in [1.54, 1.807) is 0 Å². The fourth-order valence-corrected chi connectivity index (χ4v) is 1.93. The Morgan fingerprint density at radius 1 is 1.47 bits per heavy atom. The lowest BCUT2D eigenvalue weighted by Crippen LogP contribution is -2.18. The van der Waals surface area contributed by atoms with Crippen LogP contribution in [-0.4, -0.2) is 16.2 Å². The highest BCUT2D eigenvalue weighted by Gasteiger charge is 2.12. The number of benzene rings is 1. The zero-order valence-corrected chi connectivity index (χ0v) is 10.9. The Balaban J connectivity index is 1.98. The third kappa shape index (κ3) is 3.20. The molecule has 0 saturated carbocycles. The zero-order valence-electron chi connectivity index (χ0n) is 10.9. The Kier molecular flexibility index (Phi) is 3.97. The van der Waals surface area contributed by atoms with Gasteiger partial charge in [-0.3, -0.25) is 0 Å². The van der Waals surface area contributed by atoms with Gasteiger partial charge in [-0.25, -0.2) is 4.79 Å². The summed E-state index contributed by atoms with van der Waals surface area (Å²) in [4.78, 5) is 10.7. The Hall–Kier alpha value is -2.14. The highest BCUT2D eigenvalue weighted by Crippen LogP contribution is 2.17. The van der Waals surface area contributed by atoms with Crippen LogP contribution in [0.5, 0.6) is 0 Å². The maximum atomic E-state index is 10.7. The van der Waals surface area contributed by atoms with Crippen LogP contribution in [0.3, 0.4) is 0 Å². The fourth-order valence-electron chi connectivity index (χ4n) is 1.93. The number of hydrogen-bond acceptors (Lipinski definition) is 4. The van der Waals surface area contributed by atoms with Gasteiger partial charge in [-0.1, -0.05) is 29.4 Å². The maximum absolute atomic E-state index is 10.7. The summed E-state index contributed by atoms with van der Waals surface area (Å²) in [5, 5.41) is 15.5. The first-order valence-corrected chi connectivity index (χ1v) is 6.05. The van der Waals surface area contributed by atoms with Gasteiger partial charge in [-0.2, -0.15) is 0 Å². The van der Waals surface area contributed by atoms with Crippen molar-refractivity contribution in [2.75, 3.05) is 0 Å². The largest absolute Gasteiger partial charge is 0.476 e. The average molecular weight is 260 g/mol. The number of aryl methyl sites for hydroxylation is 1. The van der Waals surface area contributed by atoms with Crippen molar-refractivity contribution < 1.29 is 14.4 Å². The summed E-state index contributed by atoms with van der Waals surface area (Å²) >= 11 is 0. The molecule has 0 fully saturated rings. The van der Waals surface area contributed by atoms with Gasteiger partial charge in [0, 0.05) is 12.1 Å². The minimum Gasteiger partial charge on any atom is -0.476 e. The molecule has 1 aromatic heterocycles. The number of aromatic carboxylic acids is 1. The molecule has 5 nitrogen and oxygen atoms in total. The number of aromatic nitrogens is 1. The Bertz CT molecular complexity index is 578. The molecule has 0 aliphatic carbocycles. The number of nitrogens with zero attached hydrogens (tertiary/aromatic N) is 1. The van der Waals surface area contributed by atoms with E-state index in [9.17, 15) is 4.79 Å². The molecule has 0 spiro atoms. The van der Waals surface area contributed by atoms with Crippen molar-refractivity contribution in [2.45, 2.75) is 26.4 Å². The number of hydrogen-bond donors (Lipinski definition) is 2. The predicted molar refractivity (Wildman–Crippen MR) is 69.9 cm³/mol. The van der Waals surface area contributed by atoms with Gasteiger partial charge >= 0.3 is 5.97 Å². The van der Waals surface area contributed by atoms with Crippen molar-refractivity contribution in [3.63, 3.8) is 0 Å². The summed E-state index contributed by atoms with van der Waals surface area (Å²) in [5.41, 5.74) is 2.35. The van der Waals surface area contributed by atoms with Crippen LogP contribution in [0.1, 0.15) is 40.3 Å².